The summed E-state index contributed by atoms with van der Waals surface area (Å²) in [5.74, 6) is 0. The number of hydrogen-bond acceptors (Lipinski definition) is 2. The first-order valence-corrected chi connectivity index (χ1v) is 4.66. The number of rotatable bonds is 3. The van der Waals surface area contributed by atoms with E-state index in [-0.39, 0.29) is 0 Å². The van der Waals surface area contributed by atoms with E-state index in [0.717, 1.165) is 24.0 Å². The Bertz CT molecular complexity index is 262. The normalized spacial score (nSPS) is 10.2. The molecule has 2 N–H and O–H groups in total. The Balaban J connectivity index is 3.07. The zero-order valence-electron chi connectivity index (χ0n) is 8.12. The summed E-state index contributed by atoms with van der Waals surface area (Å²) in [5.41, 5.74) is 2.90. The summed E-state index contributed by atoms with van der Waals surface area (Å²) < 4.78 is 0. The molecular formula is C10H15BO2. The number of aryl methyl sites for hydroxylation is 2. The van der Waals surface area contributed by atoms with Gasteiger partial charge in [0.25, 0.3) is 0 Å². The van der Waals surface area contributed by atoms with Gasteiger partial charge in [-0.3, -0.25) is 0 Å². The SMILES string of the molecule is CCc1cc(CC)cc(B(O)O)c1. The molecule has 13 heavy (non-hydrogen) atoms. The molecule has 3 heteroatoms. The van der Waals surface area contributed by atoms with E-state index in [1.807, 2.05) is 12.1 Å². The van der Waals surface area contributed by atoms with Gasteiger partial charge in [0, 0.05) is 0 Å². The highest BCUT2D eigenvalue weighted by molar-refractivity contribution is 6.58. The fraction of sp³-hybridized carbons (Fsp3) is 0.400. The van der Waals surface area contributed by atoms with E-state index in [2.05, 4.69) is 19.9 Å². The Kier molecular flexibility index (Phi) is 3.52. The van der Waals surface area contributed by atoms with E-state index >= 15 is 0 Å². The molecule has 2 nitrogen and oxygen atoms in total. The van der Waals surface area contributed by atoms with Crippen LogP contribution in [0.1, 0.15) is 25.0 Å². The molecule has 0 aliphatic rings. The highest BCUT2D eigenvalue weighted by Gasteiger charge is 2.11. The topological polar surface area (TPSA) is 40.5 Å². The van der Waals surface area contributed by atoms with Crippen LogP contribution >= 0.6 is 0 Å². The van der Waals surface area contributed by atoms with Crippen molar-refractivity contribution in [1.82, 2.24) is 0 Å². The molecule has 0 saturated carbocycles. The van der Waals surface area contributed by atoms with Gasteiger partial charge in [0.05, 0.1) is 0 Å². The molecule has 0 radical (unpaired) electrons. The fourth-order valence-electron chi connectivity index (χ4n) is 1.35. The van der Waals surface area contributed by atoms with Crippen LogP contribution in [0.25, 0.3) is 0 Å². The predicted octanol–water partition coefficient (Wildman–Crippen LogP) is 0.491. The van der Waals surface area contributed by atoms with Gasteiger partial charge >= 0.3 is 7.12 Å². The third kappa shape index (κ3) is 2.57. The van der Waals surface area contributed by atoms with Gasteiger partial charge in [0.1, 0.15) is 0 Å². The second-order valence-corrected chi connectivity index (χ2v) is 3.16. The first kappa shape index (κ1) is 10.3. The molecule has 0 amide bonds. The van der Waals surface area contributed by atoms with Crippen LogP contribution in [0.3, 0.4) is 0 Å². The average molecular weight is 178 g/mol. The molecule has 1 aromatic carbocycles. The first-order chi connectivity index (χ1) is 6.17. The summed E-state index contributed by atoms with van der Waals surface area (Å²) in [7, 11) is -1.35. The summed E-state index contributed by atoms with van der Waals surface area (Å²) in [4.78, 5) is 0. The van der Waals surface area contributed by atoms with Gasteiger partial charge in [0.15, 0.2) is 0 Å². The maximum absolute atomic E-state index is 9.02. The van der Waals surface area contributed by atoms with E-state index < -0.39 is 7.12 Å². The lowest BCUT2D eigenvalue weighted by atomic mass is 9.78. The summed E-state index contributed by atoms with van der Waals surface area (Å²) in [6.45, 7) is 4.12. The third-order valence-corrected chi connectivity index (χ3v) is 2.19. The molecule has 0 aliphatic heterocycles. The molecule has 0 heterocycles. The number of benzene rings is 1. The maximum Gasteiger partial charge on any atom is 0.488 e. The Hall–Kier alpha value is -0.795. The van der Waals surface area contributed by atoms with Crippen LogP contribution in [0.2, 0.25) is 0 Å². The van der Waals surface area contributed by atoms with Crippen LogP contribution in [0.5, 0.6) is 0 Å². The largest absolute Gasteiger partial charge is 0.488 e. The molecule has 0 atom stereocenters. The summed E-state index contributed by atoms with van der Waals surface area (Å²) in [6, 6.07) is 5.78. The molecular weight excluding hydrogens is 163 g/mol. The van der Waals surface area contributed by atoms with Gasteiger partial charge in [0.2, 0.25) is 0 Å². The van der Waals surface area contributed by atoms with Crippen LogP contribution in [-0.2, 0) is 12.8 Å². The summed E-state index contributed by atoms with van der Waals surface area (Å²) in [5, 5.41) is 18.0. The minimum Gasteiger partial charge on any atom is -0.423 e. The second kappa shape index (κ2) is 4.44. The van der Waals surface area contributed by atoms with Gasteiger partial charge in [-0.1, -0.05) is 32.0 Å². The Morgan fingerprint density at radius 2 is 1.46 bits per heavy atom. The van der Waals surface area contributed by atoms with Crippen molar-refractivity contribution in [1.29, 1.82) is 0 Å². The van der Waals surface area contributed by atoms with E-state index in [9.17, 15) is 0 Å². The smallest absolute Gasteiger partial charge is 0.423 e. The van der Waals surface area contributed by atoms with Crippen LogP contribution in [0.15, 0.2) is 18.2 Å². The van der Waals surface area contributed by atoms with E-state index in [1.54, 1.807) is 0 Å². The third-order valence-electron chi connectivity index (χ3n) is 2.19. The van der Waals surface area contributed by atoms with Gasteiger partial charge in [-0.25, -0.2) is 0 Å². The lowest BCUT2D eigenvalue weighted by Crippen LogP contribution is -2.30. The van der Waals surface area contributed by atoms with Crippen molar-refractivity contribution in [3.05, 3.63) is 29.3 Å². The minimum atomic E-state index is -1.35. The number of hydrogen-bond donors (Lipinski definition) is 2. The van der Waals surface area contributed by atoms with Crippen LogP contribution in [0.4, 0.5) is 0 Å². The Morgan fingerprint density at radius 1 is 1.00 bits per heavy atom. The molecule has 0 spiro atoms. The quantitative estimate of drug-likeness (QED) is 0.661. The molecule has 0 unspecified atom stereocenters. The van der Waals surface area contributed by atoms with Crippen molar-refractivity contribution < 1.29 is 10.0 Å². The van der Waals surface area contributed by atoms with Crippen LogP contribution in [-0.4, -0.2) is 17.2 Å². The van der Waals surface area contributed by atoms with Gasteiger partial charge in [-0.05, 0) is 29.4 Å². The van der Waals surface area contributed by atoms with E-state index in [1.165, 1.54) is 0 Å². The Morgan fingerprint density at radius 3 is 1.77 bits per heavy atom. The monoisotopic (exact) mass is 178 g/mol. The van der Waals surface area contributed by atoms with Crippen LogP contribution in [0, 0.1) is 0 Å². The molecule has 0 aliphatic carbocycles. The highest BCUT2D eigenvalue weighted by atomic mass is 16.4. The lowest BCUT2D eigenvalue weighted by molar-refractivity contribution is 0.425. The zero-order chi connectivity index (χ0) is 9.84. The Labute approximate surface area is 79.4 Å². The van der Waals surface area contributed by atoms with Gasteiger partial charge in [-0.2, -0.15) is 0 Å². The van der Waals surface area contributed by atoms with Gasteiger partial charge < -0.3 is 10.0 Å². The van der Waals surface area contributed by atoms with Gasteiger partial charge in [-0.15, -0.1) is 0 Å². The maximum atomic E-state index is 9.02. The molecule has 0 bridgehead atoms. The molecule has 0 aromatic heterocycles. The standard InChI is InChI=1S/C10H15BO2/c1-3-8-5-9(4-2)7-10(6-8)11(12)13/h5-7,12-13H,3-4H2,1-2H3. The molecule has 1 aromatic rings. The predicted molar refractivity (Wildman–Crippen MR) is 55.0 cm³/mol. The highest BCUT2D eigenvalue weighted by Crippen LogP contribution is 2.05. The van der Waals surface area contributed by atoms with Crippen molar-refractivity contribution in [2.45, 2.75) is 26.7 Å². The summed E-state index contributed by atoms with van der Waals surface area (Å²) >= 11 is 0. The average Bonchev–Trinajstić information content (AvgIpc) is 2.16. The molecule has 70 valence electrons. The van der Waals surface area contributed by atoms with Crippen molar-refractivity contribution in [2.24, 2.45) is 0 Å². The summed E-state index contributed by atoms with van der Waals surface area (Å²) in [6.07, 6.45) is 1.85. The first-order valence-electron chi connectivity index (χ1n) is 4.66. The molecule has 0 fully saturated rings. The van der Waals surface area contributed by atoms with Crippen molar-refractivity contribution in [3.8, 4) is 0 Å². The molecule has 1 rings (SSSR count). The van der Waals surface area contributed by atoms with E-state index in [4.69, 9.17) is 10.0 Å². The van der Waals surface area contributed by atoms with Crippen molar-refractivity contribution in [2.75, 3.05) is 0 Å². The minimum absolute atomic E-state index is 0.594. The van der Waals surface area contributed by atoms with E-state index in [0.29, 0.717) is 5.46 Å². The zero-order valence-corrected chi connectivity index (χ0v) is 8.12. The fourth-order valence-corrected chi connectivity index (χ4v) is 1.35. The second-order valence-electron chi connectivity index (χ2n) is 3.16. The lowest BCUT2D eigenvalue weighted by Gasteiger charge is -2.06. The van der Waals surface area contributed by atoms with Crippen molar-refractivity contribution in [3.63, 3.8) is 0 Å². The van der Waals surface area contributed by atoms with Crippen LogP contribution < -0.4 is 5.46 Å². The molecule has 0 saturated heterocycles. The van der Waals surface area contributed by atoms with Crippen molar-refractivity contribution >= 4 is 12.6 Å².